The molecule has 1 atom stereocenters. The highest BCUT2D eigenvalue weighted by Gasteiger charge is 2.49. The first-order chi connectivity index (χ1) is 17.4. The van der Waals surface area contributed by atoms with Crippen molar-refractivity contribution in [3.8, 4) is 0 Å². The number of fused-ring (bicyclic) bond motifs is 2. The second-order valence-corrected chi connectivity index (χ2v) is 11.7. The molecule has 36 heavy (non-hydrogen) atoms. The number of carbonyl (C=O) groups is 2. The Kier molecular flexibility index (Phi) is 7.22. The molecule has 0 bridgehead atoms. The minimum Gasteiger partial charge on any atom is -0.354 e. The van der Waals surface area contributed by atoms with Crippen LogP contribution in [0.3, 0.4) is 0 Å². The van der Waals surface area contributed by atoms with Crippen LogP contribution in [0.1, 0.15) is 45.6 Å². The van der Waals surface area contributed by atoms with E-state index in [0.717, 1.165) is 57.1 Å². The number of hydrogen-bond donors (Lipinski definition) is 0. The summed E-state index contributed by atoms with van der Waals surface area (Å²) in [4.78, 5) is 39.3. The predicted molar refractivity (Wildman–Crippen MR) is 145 cm³/mol. The van der Waals surface area contributed by atoms with Gasteiger partial charge in [0.1, 0.15) is 5.84 Å². The smallest absolute Gasteiger partial charge is 0.235 e. The van der Waals surface area contributed by atoms with Crippen molar-refractivity contribution in [2.75, 3.05) is 39.3 Å². The lowest BCUT2D eigenvalue weighted by atomic mass is 9.78. The van der Waals surface area contributed by atoms with E-state index >= 15 is 0 Å². The van der Waals surface area contributed by atoms with Gasteiger partial charge in [0.25, 0.3) is 0 Å². The molecule has 5 rings (SSSR count). The summed E-state index contributed by atoms with van der Waals surface area (Å²) in [5.74, 6) is 1.25. The monoisotopic (exact) mass is 504 g/mol. The van der Waals surface area contributed by atoms with Gasteiger partial charge in [-0.25, -0.2) is 4.99 Å². The zero-order chi connectivity index (χ0) is 25.3. The van der Waals surface area contributed by atoms with Crippen molar-refractivity contribution in [1.82, 2.24) is 14.7 Å². The van der Waals surface area contributed by atoms with Gasteiger partial charge in [0.05, 0.1) is 11.1 Å². The third-order valence-electron chi connectivity index (χ3n) is 8.04. The van der Waals surface area contributed by atoms with Gasteiger partial charge in [-0.15, -0.1) is 0 Å². The highest BCUT2D eigenvalue weighted by Crippen LogP contribution is 2.41. The summed E-state index contributed by atoms with van der Waals surface area (Å²) in [6, 6.07) is 17.0. The maximum absolute atomic E-state index is 12.8. The number of piperazine rings is 1. The molecule has 0 N–H and O–H groups in total. The first kappa shape index (κ1) is 25.0. The Morgan fingerprint density at radius 2 is 1.58 bits per heavy atom. The number of para-hydroxylation sites is 1. The van der Waals surface area contributed by atoms with E-state index in [2.05, 4.69) is 58.3 Å². The molecule has 3 aliphatic rings. The molecule has 2 aromatic carbocycles. The Balaban J connectivity index is 1.15. The van der Waals surface area contributed by atoms with Crippen LogP contribution in [0.5, 0.6) is 0 Å². The van der Waals surface area contributed by atoms with E-state index in [0.29, 0.717) is 13.0 Å². The number of amides is 2. The Bertz CT molecular complexity index is 1170. The molecule has 2 amide bonds. The van der Waals surface area contributed by atoms with Gasteiger partial charge < -0.3 is 4.90 Å². The van der Waals surface area contributed by atoms with Crippen molar-refractivity contribution in [3.05, 3.63) is 54.1 Å². The molecule has 0 spiro atoms. The standard InChI is InChI=1S/C29H36N4O2S/c1-21(2)29(3)20-26(34)33(28(29)35)15-9-8-14-31-16-18-32(19-17-31)27-22-10-4-6-12-24(22)36-25-13-7-5-11-23(25)30-27/h4-7,10-13,21H,8-9,14-20H2,1-3H3. The van der Waals surface area contributed by atoms with Crippen LogP contribution in [0.2, 0.25) is 0 Å². The Morgan fingerprint density at radius 3 is 2.31 bits per heavy atom. The van der Waals surface area contributed by atoms with Crippen LogP contribution in [0.15, 0.2) is 63.3 Å². The summed E-state index contributed by atoms with van der Waals surface area (Å²) >= 11 is 1.79. The Labute approximate surface area is 218 Å². The first-order valence-electron chi connectivity index (χ1n) is 13.1. The topological polar surface area (TPSA) is 56.2 Å². The number of benzene rings is 2. The number of amidine groups is 1. The fourth-order valence-corrected chi connectivity index (χ4v) is 6.30. The molecule has 190 valence electrons. The van der Waals surface area contributed by atoms with E-state index in [1.165, 1.54) is 20.3 Å². The predicted octanol–water partition coefficient (Wildman–Crippen LogP) is 5.05. The number of likely N-dealkylation sites (tertiary alicyclic amines) is 1. The van der Waals surface area contributed by atoms with Crippen LogP contribution in [0.25, 0.3) is 0 Å². The number of carbonyl (C=O) groups excluding carboxylic acids is 2. The lowest BCUT2D eigenvalue weighted by Gasteiger charge is -2.36. The SMILES string of the molecule is CC(C)C1(C)CC(=O)N(CCCCN2CCN(C3=Nc4ccccc4Sc4ccccc43)CC2)C1=O. The van der Waals surface area contributed by atoms with Gasteiger partial charge in [-0.1, -0.05) is 55.9 Å². The van der Waals surface area contributed by atoms with Gasteiger partial charge in [0.15, 0.2) is 0 Å². The first-order valence-corrected chi connectivity index (χ1v) is 14.0. The largest absolute Gasteiger partial charge is 0.354 e. The summed E-state index contributed by atoms with van der Waals surface area (Å²) in [5.41, 5.74) is 1.71. The number of hydrogen-bond acceptors (Lipinski definition) is 6. The van der Waals surface area contributed by atoms with Crippen molar-refractivity contribution in [2.24, 2.45) is 16.3 Å². The lowest BCUT2D eigenvalue weighted by Crippen LogP contribution is -2.49. The van der Waals surface area contributed by atoms with Gasteiger partial charge in [-0.2, -0.15) is 0 Å². The Morgan fingerprint density at radius 1 is 0.917 bits per heavy atom. The van der Waals surface area contributed by atoms with Crippen molar-refractivity contribution < 1.29 is 9.59 Å². The Hall–Kier alpha value is -2.64. The third kappa shape index (κ3) is 4.83. The maximum Gasteiger partial charge on any atom is 0.235 e. The molecule has 3 aliphatic heterocycles. The minimum atomic E-state index is -0.536. The molecule has 0 radical (unpaired) electrons. The molecule has 2 aromatic rings. The molecular formula is C29H36N4O2S. The molecule has 2 fully saturated rings. The summed E-state index contributed by atoms with van der Waals surface area (Å²) in [6.45, 7) is 11.4. The fourth-order valence-electron chi connectivity index (χ4n) is 5.28. The van der Waals surface area contributed by atoms with Crippen LogP contribution in [-0.4, -0.2) is 71.6 Å². The van der Waals surface area contributed by atoms with Crippen LogP contribution in [0, 0.1) is 11.3 Å². The van der Waals surface area contributed by atoms with Crippen molar-refractivity contribution in [3.63, 3.8) is 0 Å². The zero-order valence-electron chi connectivity index (χ0n) is 21.6. The van der Waals surface area contributed by atoms with E-state index in [4.69, 9.17) is 4.99 Å². The lowest BCUT2D eigenvalue weighted by molar-refractivity contribution is -0.142. The third-order valence-corrected chi connectivity index (χ3v) is 9.19. The number of aliphatic imine (C=N–C) groups is 1. The van der Waals surface area contributed by atoms with E-state index in [1.807, 2.05) is 20.8 Å². The van der Waals surface area contributed by atoms with E-state index in [1.54, 1.807) is 11.8 Å². The summed E-state index contributed by atoms with van der Waals surface area (Å²) in [7, 11) is 0. The number of imide groups is 1. The maximum atomic E-state index is 12.8. The van der Waals surface area contributed by atoms with E-state index in [9.17, 15) is 9.59 Å². The van der Waals surface area contributed by atoms with Crippen LogP contribution < -0.4 is 0 Å². The number of rotatable bonds is 6. The zero-order valence-corrected chi connectivity index (χ0v) is 22.4. The van der Waals surface area contributed by atoms with Crippen LogP contribution in [0.4, 0.5) is 5.69 Å². The summed E-state index contributed by atoms with van der Waals surface area (Å²) in [5, 5.41) is 0. The summed E-state index contributed by atoms with van der Waals surface area (Å²) < 4.78 is 0. The van der Waals surface area contributed by atoms with Gasteiger partial charge in [-0.05, 0) is 50.4 Å². The van der Waals surface area contributed by atoms with Gasteiger partial charge in [0, 0.05) is 54.5 Å². The highest BCUT2D eigenvalue weighted by atomic mass is 32.2. The molecule has 6 nitrogen and oxygen atoms in total. The second-order valence-electron chi connectivity index (χ2n) is 10.6. The van der Waals surface area contributed by atoms with Crippen LogP contribution >= 0.6 is 11.8 Å². The van der Waals surface area contributed by atoms with Gasteiger partial charge in [0.2, 0.25) is 11.8 Å². The molecule has 1 unspecified atom stereocenters. The average Bonchev–Trinajstić information content (AvgIpc) is 3.01. The fraction of sp³-hybridized carbons (Fsp3) is 0.483. The molecule has 2 saturated heterocycles. The van der Waals surface area contributed by atoms with E-state index in [-0.39, 0.29) is 17.7 Å². The number of unbranched alkanes of at least 4 members (excludes halogenated alkanes) is 1. The molecule has 0 aliphatic carbocycles. The van der Waals surface area contributed by atoms with Gasteiger partial charge >= 0.3 is 0 Å². The minimum absolute atomic E-state index is 0.00555. The van der Waals surface area contributed by atoms with Crippen molar-refractivity contribution in [1.29, 1.82) is 0 Å². The normalized spacial score (nSPS) is 22.5. The quantitative estimate of drug-likeness (QED) is 0.407. The van der Waals surface area contributed by atoms with Gasteiger partial charge in [-0.3, -0.25) is 19.4 Å². The van der Waals surface area contributed by atoms with Crippen molar-refractivity contribution in [2.45, 2.75) is 49.8 Å². The molecule has 0 aromatic heterocycles. The molecule has 3 heterocycles. The number of nitrogens with zero attached hydrogens (tertiary/aromatic N) is 4. The van der Waals surface area contributed by atoms with Crippen molar-refractivity contribution >= 4 is 35.1 Å². The molecule has 0 saturated carbocycles. The highest BCUT2D eigenvalue weighted by molar-refractivity contribution is 7.99. The molecule has 7 heteroatoms. The van der Waals surface area contributed by atoms with E-state index < -0.39 is 5.41 Å². The molecular weight excluding hydrogens is 468 g/mol. The average molecular weight is 505 g/mol. The second kappa shape index (κ2) is 10.4. The van der Waals surface area contributed by atoms with Crippen LogP contribution in [-0.2, 0) is 9.59 Å². The summed E-state index contributed by atoms with van der Waals surface area (Å²) in [6.07, 6.45) is 2.20.